The van der Waals surface area contributed by atoms with Gasteiger partial charge in [0, 0.05) is 55.7 Å². The maximum absolute atomic E-state index is 6.66. The minimum atomic E-state index is 0.851. The second-order valence-corrected chi connectivity index (χ2v) is 15.6. The van der Waals surface area contributed by atoms with Gasteiger partial charge in [0.15, 0.2) is 0 Å². The minimum Gasteiger partial charge on any atom is -0.456 e. The number of para-hydroxylation sites is 2. The van der Waals surface area contributed by atoms with Crippen molar-refractivity contribution >= 4 is 99.5 Å². The van der Waals surface area contributed by atoms with E-state index >= 15 is 0 Å². The summed E-state index contributed by atoms with van der Waals surface area (Å²) in [6.07, 6.45) is 0. The zero-order valence-corrected chi connectivity index (χ0v) is 32.9. The Morgan fingerprint density at radius 2 is 0.759 bits per heavy atom. The molecule has 2 heterocycles. The van der Waals surface area contributed by atoms with Crippen molar-refractivity contribution in [2.45, 2.75) is 27.7 Å². The molecule has 11 rings (SSSR count). The van der Waals surface area contributed by atoms with Gasteiger partial charge in [0.1, 0.15) is 22.3 Å². The summed E-state index contributed by atoms with van der Waals surface area (Å²) in [5, 5.41) is 8.89. The molecule has 0 N–H and O–H groups in total. The maximum atomic E-state index is 6.66. The molecule has 0 atom stereocenters. The van der Waals surface area contributed by atoms with Gasteiger partial charge in [-0.1, -0.05) is 72.8 Å². The molecule has 11 aromatic rings. The standard InChI is InChI=1S/C54H40N2O2/c1-33-13-11-19-47(35(33)3)55(41-15-7-5-8-16-41)43-23-21-37-29-45-51(31-39(37)27-43)57-49-25-26-50-54(53(45)49)46-30-38-22-24-44(28-40(38)32-52(46)58-50)56(42-17-9-6-10-18-42)48-20-12-14-34(2)36(48)4/h5-32H,1-4H3. The van der Waals surface area contributed by atoms with Crippen LogP contribution in [0.25, 0.3) is 65.4 Å². The molecule has 0 spiro atoms. The van der Waals surface area contributed by atoms with Crippen LogP contribution >= 0.6 is 0 Å². The summed E-state index contributed by atoms with van der Waals surface area (Å²) in [5.74, 6) is 0. The van der Waals surface area contributed by atoms with Gasteiger partial charge in [-0.2, -0.15) is 0 Å². The molecule has 0 aliphatic carbocycles. The number of fused-ring (bicyclic) bond motifs is 9. The number of anilines is 6. The van der Waals surface area contributed by atoms with Crippen LogP contribution in [0.15, 0.2) is 179 Å². The Morgan fingerprint density at radius 1 is 0.328 bits per heavy atom. The second-order valence-electron chi connectivity index (χ2n) is 15.6. The summed E-state index contributed by atoms with van der Waals surface area (Å²) in [6.45, 7) is 8.75. The topological polar surface area (TPSA) is 32.8 Å². The van der Waals surface area contributed by atoms with Crippen molar-refractivity contribution in [1.29, 1.82) is 0 Å². The van der Waals surface area contributed by atoms with Gasteiger partial charge in [0.25, 0.3) is 0 Å². The van der Waals surface area contributed by atoms with Crippen molar-refractivity contribution in [1.82, 2.24) is 0 Å². The number of aryl methyl sites for hydroxylation is 2. The highest BCUT2D eigenvalue weighted by atomic mass is 16.3. The van der Waals surface area contributed by atoms with Crippen molar-refractivity contribution in [2.24, 2.45) is 0 Å². The van der Waals surface area contributed by atoms with Gasteiger partial charge in [-0.3, -0.25) is 0 Å². The molecule has 2 aromatic heterocycles. The Kier molecular flexibility index (Phi) is 7.70. The van der Waals surface area contributed by atoms with E-state index in [9.17, 15) is 0 Å². The Balaban J connectivity index is 1.05. The molecule has 0 unspecified atom stereocenters. The lowest BCUT2D eigenvalue weighted by Gasteiger charge is -2.28. The fraction of sp³-hybridized carbons (Fsp3) is 0.0741. The molecule has 0 saturated carbocycles. The zero-order valence-electron chi connectivity index (χ0n) is 32.9. The number of rotatable bonds is 6. The molecule has 278 valence electrons. The molecule has 4 nitrogen and oxygen atoms in total. The lowest BCUT2D eigenvalue weighted by Crippen LogP contribution is -2.11. The van der Waals surface area contributed by atoms with E-state index in [-0.39, 0.29) is 0 Å². The van der Waals surface area contributed by atoms with Crippen LogP contribution in [0.4, 0.5) is 34.1 Å². The van der Waals surface area contributed by atoms with E-state index in [0.29, 0.717) is 0 Å². The lowest BCUT2D eigenvalue weighted by atomic mass is 10.00. The van der Waals surface area contributed by atoms with Crippen LogP contribution in [0.3, 0.4) is 0 Å². The quantitative estimate of drug-likeness (QED) is 0.170. The summed E-state index contributed by atoms with van der Waals surface area (Å²) >= 11 is 0. The molecule has 0 aliphatic heterocycles. The van der Waals surface area contributed by atoms with E-state index in [1.165, 1.54) is 33.6 Å². The van der Waals surface area contributed by atoms with Crippen LogP contribution in [0, 0.1) is 27.7 Å². The first-order valence-electron chi connectivity index (χ1n) is 19.9. The molecule has 4 heteroatoms. The molecular formula is C54H40N2O2. The van der Waals surface area contributed by atoms with Crippen molar-refractivity contribution in [3.8, 4) is 0 Å². The fourth-order valence-corrected chi connectivity index (χ4v) is 8.84. The number of benzene rings is 9. The van der Waals surface area contributed by atoms with Crippen LogP contribution in [-0.2, 0) is 0 Å². The average molecular weight is 749 g/mol. The van der Waals surface area contributed by atoms with Crippen LogP contribution in [-0.4, -0.2) is 0 Å². The highest BCUT2D eigenvalue weighted by molar-refractivity contribution is 6.27. The van der Waals surface area contributed by atoms with Gasteiger partial charge in [0.2, 0.25) is 0 Å². The molecule has 0 saturated heterocycles. The summed E-state index contributed by atoms with van der Waals surface area (Å²) in [7, 11) is 0. The van der Waals surface area contributed by atoms with Gasteiger partial charge >= 0.3 is 0 Å². The first kappa shape index (κ1) is 34.0. The predicted octanol–water partition coefficient (Wildman–Crippen LogP) is 16.0. The first-order chi connectivity index (χ1) is 28.4. The third-order valence-corrected chi connectivity index (χ3v) is 12.1. The van der Waals surface area contributed by atoms with Crippen LogP contribution in [0.1, 0.15) is 22.3 Å². The van der Waals surface area contributed by atoms with Crippen LogP contribution in [0.2, 0.25) is 0 Å². The highest BCUT2D eigenvalue weighted by Gasteiger charge is 2.21. The van der Waals surface area contributed by atoms with Gasteiger partial charge in [-0.15, -0.1) is 0 Å². The predicted molar refractivity (Wildman–Crippen MR) is 244 cm³/mol. The lowest BCUT2D eigenvalue weighted by molar-refractivity contribution is 0.663. The Labute approximate surface area is 336 Å². The van der Waals surface area contributed by atoms with E-state index in [0.717, 1.165) is 88.2 Å². The monoisotopic (exact) mass is 748 g/mol. The third kappa shape index (κ3) is 5.37. The minimum absolute atomic E-state index is 0.851. The normalized spacial score (nSPS) is 11.8. The Morgan fingerprint density at radius 3 is 1.19 bits per heavy atom. The molecule has 0 aliphatic rings. The summed E-state index contributed by atoms with van der Waals surface area (Å²) in [5.41, 5.74) is 15.2. The van der Waals surface area contributed by atoms with Gasteiger partial charge in [0.05, 0.1) is 0 Å². The first-order valence-corrected chi connectivity index (χ1v) is 19.9. The van der Waals surface area contributed by atoms with Crippen LogP contribution in [0.5, 0.6) is 0 Å². The number of nitrogens with zero attached hydrogens (tertiary/aromatic N) is 2. The largest absolute Gasteiger partial charge is 0.456 e. The second kappa shape index (κ2) is 13.1. The summed E-state index contributed by atoms with van der Waals surface area (Å²) in [6, 6.07) is 60.8. The molecule has 0 amide bonds. The summed E-state index contributed by atoms with van der Waals surface area (Å²) < 4.78 is 13.3. The molecule has 0 bridgehead atoms. The number of furan rings is 2. The van der Waals surface area contributed by atoms with Gasteiger partial charge in [-0.25, -0.2) is 0 Å². The summed E-state index contributed by atoms with van der Waals surface area (Å²) in [4.78, 5) is 4.70. The van der Waals surface area contributed by atoms with Crippen molar-refractivity contribution in [3.05, 3.63) is 192 Å². The van der Waals surface area contributed by atoms with E-state index in [1.807, 2.05) is 12.1 Å². The van der Waals surface area contributed by atoms with Gasteiger partial charge in [-0.05, 0) is 169 Å². The van der Waals surface area contributed by atoms with E-state index in [1.54, 1.807) is 0 Å². The Hall–Kier alpha value is -7.30. The fourth-order valence-electron chi connectivity index (χ4n) is 8.84. The molecular weight excluding hydrogens is 709 g/mol. The van der Waals surface area contributed by atoms with Gasteiger partial charge < -0.3 is 18.6 Å². The molecule has 58 heavy (non-hydrogen) atoms. The molecule has 0 fully saturated rings. The zero-order chi connectivity index (χ0) is 39.1. The molecule has 9 aromatic carbocycles. The smallest absolute Gasteiger partial charge is 0.136 e. The van der Waals surface area contributed by atoms with E-state index in [2.05, 4.69) is 195 Å². The molecule has 0 radical (unpaired) electrons. The van der Waals surface area contributed by atoms with E-state index in [4.69, 9.17) is 8.83 Å². The SMILES string of the molecule is Cc1cccc(N(c2ccccc2)c2ccc3cc4c(cc3c2)oc2ccc3oc5cc6cc(N(c7ccccc7)c7cccc(C)c7C)ccc6cc5c3c24)c1C. The van der Waals surface area contributed by atoms with E-state index < -0.39 is 0 Å². The number of hydrogen-bond donors (Lipinski definition) is 0. The maximum Gasteiger partial charge on any atom is 0.136 e. The van der Waals surface area contributed by atoms with Crippen molar-refractivity contribution in [2.75, 3.05) is 9.80 Å². The highest BCUT2D eigenvalue weighted by Crippen LogP contribution is 2.45. The third-order valence-electron chi connectivity index (χ3n) is 12.1. The van der Waals surface area contributed by atoms with Crippen molar-refractivity contribution in [3.63, 3.8) is 0 Å². The van der Waals surface area contributed by atoms with Crippen molar-refractivity contribution < 1.29 is 8.83 Å². The number of hydrogen-bond acceptors (Lipinski definition) is 4. The average Bonchev–Trinajstić information content (AvgIpc) is 3.80. The van der Waals surface area contributed by atoms with Crippen LogP contribution < -0.4 is 9.80 Å². The Bertz CT molecular complexity index is 3170.